The molecule has 0 saturated heterocycles. The highest BCUT2D eigenvalue weighted by molar-refractivity contribution is 7.89. The molecule has 1 aromatic carbocycles. The Hall–Kier alpha value is -0.910. The molecule has 0 atom stereocenters. The van der Waals surface area contributed by atoms with E-state index in [-0.39, 0.29) is 4.90 Å². The lowest BCUT2D eigenvalue weighted by Gasteiger charge is -1.96. The van der Waals surface area contributed by atoms with Crippen molar-refractivity contribution in [3.8, 4) is 0 Å². The van der Waals surface area contributed by atoms with E-state index in [2.05, 4.69) is 0 Å². The molecule has 0 radical (unpaired) electrons. The number of benzene rings is 1. The number of sulfonamides is 1. The molecular weight excluding hydrogens is 218 g/mol. The number of aryl methyl sites for hydroxylation is 1. The van der Waals surface area contributed by atoms with Crippen molar-refractivity contribution in [3.63, 3.8) is 0 Å². The van der Waals surface area contributed by atoms with E-state index in [0.717, 1.165) is 15.6 Å². The van der Waals surface area contributed by atoms with Gasteiger partial charge in [-0.1, -0.05) is 18.2 Å². The summed E-state index contributed by atoms with van der Waals surface area (Å²) in [4.78, 5) is 0.223. The van der Waals surface area contributed by atoms with Gasteiger partial charge in [0.1, 0.15) is 4.90 Å². The molecular formula is C9H9NO2S2. The molecule has 2 N–H and O–H groups in total. The van der Waals surface area contributed by atoms with Gasteiger partial charge >= 0.3 is 0 Å². The van der Waals surface area contributed by atoms with Gasteiger partial charge in [-0.05, 0) is 12.5 Å². The van der Waals surface area contributed by atoms with Crippen LogP contribution in [-0.4, -0.2) is 8.42 Å². The van der Waals surface area contributed by atoms with E-state index in [0.29, 0.717) is 0 Å². The van der Waals surface area contributed by atoms with Crippen LogP contribution in [-0.2, 0) is 10.0 Å². The zero-order valence-corrected chi connectivity index (χ0v) is 9.15. The molecule has 0 aliphatic rings. The second-order valence-corrected chi connectivity index (χ2v) is 5.51. The van der Waals surface area contributed by atoms with Gasteiger partial charge in [0.25, 0.3) is 0 Å². The van der Waals surface area contributed by atoms with Crippen LogP contribution in [0, 0.1) is 6.92 Å². The Balaban J connectivity index is 2.90. The first kappa shape index (κ1) is 9.64. The first-order valence-electron chi connectivity index (χ1n) is 4.00. The van der Waals surface area contributed by atoms with Crippen LogP contribution >= 0.6 is 11.3 Å². The Labute approximate surface area is 86.2 Å². The molecule has 14 heavy (non-hydrogen) atoms. The first-order chi connectivity index (χ1) is 6.50. The molecule has 3 nitrogen and oxygen atoms in total. The van der Waals surface area contributed by atoms with Crippen LogP contribution < -0.4 is 5.14 Å². The Kier molecular flexibility index (Phi) is 2.10. The number of rotatable bonds is 1. The van der Waals surface area contributed by atoms with E-state index in [1.54, 1.807) is 11.4 Å². The summed E-state index contributed by atoms with van der Waals surface area (Å²) in [6, 6.07) is 5.56. The predicted octanol–water partition coefficient (Wildman–Crippen LogP) is 1.86. The van der Waals surface area contributed by atoms with Crippen LogP contribution in [0.5, 0.6) is 0 Å². The molecule has 2 rings (SSSR count). The maximum absolute atomic E-state index is 11.2. The van der Waals surface area contributed by atoms with E-state index in [1.165, 1.54) is 11.3 Å². The topological polar surface area (TPSA) is 60.2 Å². The van der Waals surface area contributed by atoms with Crippen molar-refractivity contribution >= 4 is 31.4 Å². The standard InChI is InChI=1S/C9H9NO2S2/c1-6-3-2-4-7-8(14(10,11)12)5-13-9(6)7/h2-5H,1H3,(H2,10,11,12). The summed E-state index contributed by atoms with van der Waals surface area (Å²) in [5, 5.41) is 7.41. The van der Waals surface area contributed by atoms with Crippen molar-refractivity contribution in [2.45, 2.75) is 11.8 Å². The summed E-state index contributed by atoms with van der Waals surface area (Å²) in [5.41, 5.74) is 1.07. The summed E-state index contributed by atoms with van der Waals surface area (Å²) in [7, 11) is -3.59. The number of thiophene rings is 1. The molecule has 1 aromatic heterocycles. The average Bonchev–Trinajstić information content (AvgIpc) is 2.47. The average molecular weight is 227 g/mol. The van der Waals surface area contributed by atoms with Gasteiger partial charge in [0.2, 0.25) is 10.0 Å². The van der Waals surface area contributed by atoms with Crippen molar-refractivity contribution in [1.29, 1.82) is 0 Å². The third kappa shape index (κ3) is 1.43. The summed E-state index contributed by atoms with van der Waals surface area (Å²) in [6.45, 7) is 1.95. The number of primary sulfonamides is 1. The number of hydrogen-bond donors (Lipinski definition) is 1. The smallest absolute Gasteiger partial charge is 0.225 e. The van der Waals surface area contributed by atoms with Crippen molar-refractivity contribution < 1.29 is 8.42 Å². The van der Waals surface area contributed by atoms with Gasteiger partial charge < -0.3 is 0 Å². The Morgan fingerprint density at radius 3 is 2.71 bits per heavy atom. The molecule has 0 aliphatic carbocycles. The third-order valence-electron chi connectivity index (χ3n) is 2.07. The van der Waals surface area contributed by atoms with Gasteiger partial charge in [-0.3, -0.25) is 0 Å². The summed E-state index contributed by atoms with van der Waals surface area (Å²) >= 11 is 1.41. The van der Waals surface area contributed by atoms with Crippen LogP contribution in [0.15, 0.2) is 28.5 Å². The van der Waals surface area contributed by atoms with E-state index in [9.17, 15) is 8.42 Å². The predicted molar refractivity (Wildman–Crippen MR) is 57.9 cm³/mol. The molecule has 0 spiro atoms. The minimum atomic E-state index is -3.59. The maximum atomic E-state index is 11.2. The fourth-order valence-corrected chi connectivity index (χ4v) is 3.53. The van der Waals surface area contributed by atoms with Crippen LogP contribution in [0.4, 0.5) is 0 Å². The molecule has 0 saturated carbocycles. The lowest BCUT2D eigenvalue weighted by Crippen LogP contribution is -2.11. The minimum absolute atomic E-state index is 0.223. The quantitative estimate of drug-likeness (QED) is 0.808. The largest absolute Gasteiger partial charge is 0.239 e. The summed E-state index contributed by atoms with van der Waals surface area (Å²) < 4.78 is 23.4. The number of hydrogen-bond acceptors (Lipinski definition) is 3. The van der Waals surface area contributed by atoms with Gasteiger partial charge in [-0.25, -0.2) is 13.6 Å². The lowest BCUT2D eigenvalue weighted by atomic mass is 10.2. The van der Waals surface area contributed by atoms with Crippen molar-refractivity contribution in [2.75, 3.05) is 0 Å². The molecule has 0 amide bonds. The number of fused-ring (bicyclic) bond motifs is 1. The van der Waals surface area contributed by atoms with Crippen LogP contribution in [0.25, 0.3) is 10.1 Å². The van der Waals surface area contributed by atoms with E-state index < -0.39 is 10.0 Å². The second-order valence-electron chi connectivity index (χ2n) is 3.10. The molecule has 2 aromatic rings. The van der Waals surface area contributed by atoms with Gasteiger partial charge in [0, 0.05) is 15.5 Å². The van der Waals surface area contributed by atoms with Crippen molar-refractivity contribution in [3.05, 3.63) is 29.1 Å². The van der Waals surface area contributed by atoms with E-state index >= 15 is 0 Å². The molecule has 1 heterocycles. The SMILES string of the molecule is Cc1cccc2c(S(N)(=O)=O)csc12. The van der Waals surface area contributed by atoms with Crippen molar-refractivity contribution in [2.24, 2.45) is 5.14 Å². The summed E-state index contributed by atoms with van der Waals surface area (Å²) in [5.74, 6) is 0. The highest BCUT2D eigenvalue weighted by Gasteiger charge is 2.14. The first-order valence-corrected chi connectivity index (χ1v) is 6.42. The zero-order valence-electron chi connectivity index (χ0n) is 7.52. The Morgan fingerprint density at radius 2 is 2.07 bits per heavy atom. The maximum Gasteiger partial charge on any atom is 0.239 e. The second kappa shape index (κ2) is 3.05. The molecule has 0 bridgehead atoms. The third-order valence-corrected chi connectivity index (χ3v) is 4.30. The zero-order chi connectivity index (χ0) is 10.3. The van der Waals surface area contributed by atoms with Crippen LogP contribution in [0.2, 0.25) is 0 Å². The minimum Gasteiger partial charge on any atom is -0.225 e. The molecule has 74 valence electrons. The number of nitrogens with two attached hydrogens (primary N) is 1. The van der Waals surface area contributed by atoms with Gasteiger partial charge in [-0.2, -0.15) is 0 Å². The van der Waals surface area contributed by atoms with E-state index in [1.807, 2.05) is 19.1 Å². The highest BCUT2D eigenvalue weighted by atomic mass is 32.2. The highest BCUT2D eigenvalue weighted by Crippen LogP contribution is 2.30. The van der Waals surface area contributed by atoms with Crippen molar-refractivity contribution in [1.82, 2.24) is 0 Å². The van der Waals surface area contributed by atoms with Crippen LogP contribution in [0.1, 0.15) is 5.56 Å². The molecule has 5 heteroatoms. The fraction of sp³-hybridized carbons (Fsp3) is 0.111. The van der Waals surface area contributed by atoms with Gasteiger partial charge in [0.15, 0.2) is 0 Å². The van der Waals surface area contributed by atoms with Gasteiger partial charge in [0.05, 0.1) is 0 Å². The Bertz CT molecular complexity index is 584. The normalized spacial score (nSPS) is 12.1. The fourth-order valence-electron chi connectivity index (χ4n) is 1.40. The monoisotopic (exact) mass is 227 g/mol. The molecule has 0 unspecified atom stereocenters. The van der Waals surface area contributed by atoms with E-state index in [4.69, 9.17) is 5.14 Å². The van der Waals surface area contributed by atoms with Gasteiger partial charge in [-0.15, -0.1) is 11.3 Å². The van der Waals surface area contributed by atoms with Crippen LogP contribution in [0.3, 0.4) is 0 Å². The lowest BCUT2D eigenvalue weighted by molar-refractivity contribution is 0.599. The Morgan fingerprint density at radius 1 is 1.36 bits per heavy atom. The molecule has 0 fully saturated rings. The molecule has 0 aliphatic heterocycles. The summed E-state index contributed by atoms with van der Waals surface area (Å²) in [6.07, 6.45) is 0.